The van der Waals surface area contributed by atoms with Crippen LogP contribution in [-0.2, 0) is 0 Å². The van der Waals surface area contributed by atoms with Gasteiger partial charge in [0.15, 0.2) is 0 Å². The van der Waals surface area contributed by atoms with Crippen molar-refractivity contribution in [3.8, 4) is 11.3 Å². The van der Waals surface area contributed by atoms with Gasteiger partial charge in [0.05, 0.1) is 16.1 Å². The average Bonchev–Trinajstić information content (AvgIpc) is 3.21. The Balaban J connectivity index is 1.69. The van der Waals surface area contributed by atoms with E-state index >= 15 is 0 Å². The molecule has 6 heteroatoms. The first-order chi connectivity index (χ1) is 12.7. The van der Waals surface area contributed by atoms with Gasteiger partial charge in [0.2, 0.25) is 5.95 Å². The van der Waals surface area contributed by atoms with Crippen LogP contribution in [0.3, 0.4) is 0 Å². The van der Waals surface area contributed by atoms with Crippen LogP contribution >= 0.6 is 11.3 Å². The number of para-hydroxylation sites is 1. The number of carbonyl (C=O) groups is 1. The van der Waals surface area contributed by atoms with Gasteiger partial charge in [0, 0.05) is 10.9 Å². The summed E-state index contributed by atoms with van der Waals surface area (Å²) in [6.45, 7) is 2.05. The molecule has 26 heavy (non-hydrogen) atoms. The number of anilines is 1. The molecule has 0 atom stereocenters. The van der Waals surface area contributed by atoms with Crippen LogP contribution in [0.25, 0.3) is 22.2 Å². The lowest BCUT2D eigenvalue weighted by Crippen LogP contribution is -2.29. The van der Waals surface area contributed by atoms with E-state index in [0.29, 0.717) is 10.8 Å². The van der Waals surface area contributed by atoms with E-state index in [4.69, 9.17) is 0 Å². The van der Waals surface area contributed by atoms with E-state index < -0.39 is 0 Å². The summed E-state index contributed by atoms with van der Waals surface area (Å²) < 4.78 is 0. The summed E-state index contributed by atoms with van der Waals surface area (Å²) >= 11 is 1.38. The fourth-order valence-electron chi connectivity index (χ4n) is 2.65. The van der Waals surface area contributed by atoms with E-state index in [2.05, 4.69) is 39.9 Å². The van der Waals surface area contributed by atoms with Crippen LogP contribution in [-0.4, -0.2) is 15.9 Å². The number of hydrogen-bond donors (Lipinski definition) is 2. The number of carbonyl (C=O) groups excluding carboxylic acids is 1. The van der Waals surface area contributed by atoms with Crippen LogP contribution in [0.15, 0.2) is 66.0 Å². The van der Waals surface area contributed by atoms with Crippen LogP contribution in [0.4, 0.5) is 5.95 Å². The quantitative estimate of drug-likeness (QED) is 0.529. The van der Waals surface area contributed by atoms with Gasteiger partial charge in [0.1, 0.15) is 0 Å². The first-order valence-corrected chi connectivity index (χ1v) is 9.02. The SMILES string of the molecule is Cc1ccc(-c2nc(NNC(=O)c3cccs3)nc3ccccc23)cc1. The molecular formula is C20H16N4OS. The number of fused-ring (bicyclic) bond motifs is 1. The second-order valence-electron chi connectivity index (χ2n) is 5.84. The molecule has 0 saturated heterocycles. The summed E-state index contributed by atoms with van der Waals surface area (Å²) in [5.74, 6) is 0.137. The highest BCUT2D eigenvalue weighted by molar-refractivity contribution is 7.12. The molecule has 0 spiro atoms. The van der Waals surface area contributed by atoms with E-state index in [-0.39, 0.29) is 5.91 Å². The van der Waals surface area contributed by atoms with Gasteiger partial charge in [-0.15, -0.1) is 11.3 Å². The van der Waals surface area contributed by atoms with Crippen LogP contribution < -0.4 is 10.9 Å². The number of aromatic nitrogens is 2. The lowest BCUT2D eigenvalue weighted by Gasteiger charge is -2.11. The molecule has 4 rings (SSSR count). The maximum atomic E-state index is 12.1. The van der Waals surface area contributed by atoms with Crippen molar-refractivity contribution in [1.82, 2.24) is 15.4 Å². The highest BCUT2D eigenvalue weighted by Crippen LogP contribution is 2.27. The fourth-order valence-corrected chi connectivity index (χ4v) is 3.26. The highest BCUT2D eigenvalue weighted by atomic mass is 32.1. The van der Waals surface area contributed by atoms with Crippen molar-refractivity contribution in [1.29, 1.82) is 0 Å². The Hall–Kier alpha value is -3.25. The van der Waals surface area contributed by atoms with Crippen LogP contribution in [0.2, 0.25) is 0 Å². The molecule has 0 aliphatic carbocycles. The van der Waals surface area contributed by atoms with Crippen LogP contribution in [0.1, 0.15) is 15.2 Å². The predicted molar refractivity (Wildman–Crippen MR) is 105 cm³/mol. The zero-order valence-electron chi connectivity index (χ0n) is 14.1. The molecule has 2 aromatic carbocycles. The fraction of sp³-hybridized carbons (Fsp3) is 0.0500. The van der Waals surface area contributed by atoms with Crippen molar-refractivity contribution in [2.45, 2.75) is 6.92 Å². The minimum Gasteiger partial charge on any atom is -0.266 e. The van der Waals surface area contributed by atoms with Crippen molar-refractivity contribution in [2.75, 3.05) is 5.43 Å². The number of nitrogens with one attached hydrogen (secondary N) is 2. The van der Waals surface area contributed by atoms with Crippen LogP contribution in [0.5, 0.6) is 0 Å². The van der Waals surface area contributed by atoms with Gasteiger partial charge in [0.25, 0.3) is 5.91 Å². The average molecular weight is 360 g/mol. The lowest BCUT2D eigenvalue weighted by atomic mass is 10.1. The molecule has 0 aliphatic rings. The Morgan fingerprint density at radius 3 is 2.54 bits per heavy atom. The molecule has 0 bridgehead atoms. The lowest BCUT2D eigenvalue weighted by molar-refractivity contribution is 0.0966. The Morgan fingerprint density at radius 2 is 1.77 bits per heavy atom. The van der Waals surface area contributed by atoms with Gasteiger partial charge in [-0.1, -0.05) is 54.1 Å². The molecule has 5 nitrogen and oxygen atoms in total. The second-order valence-corrected chi connectivity index (χ2v) is 6.78. The molecule has 0 saturated carbocycles. The summed E-state index contributed by atoms with van der Waals surface area (Å²) in [7, 11) is 0. The number of benzene rings is 2. The van der Waals surface area contributed by atoms with E-state index in [1.54, 1.807) is 6.07 Å². The summed E-state index contributed by atoms with van der Waals surface area (Å²) in [5, 5.41) is 2.82. The third-order valence-corrected chi connectivity index (χ3v) is 4.83. The molecule has 0 unspecified atom stereocenters. The maximum Gasteiger partial charge on any atom is 0.279 e. The Labute approximate surface area is 154 Å². The van der Waals surface area contributed by atoms with E-state index in [1.165, 1.54) is 16.9 Å². The van der Waals surface area contributed by atoms with Gasteiger partial charge >= 0.3 is 0 Å². The third-order valence-electron chi connectivity index (χ3n) is 3.96. The van der Waals surface area contributed by atoms with Crippen molar-refractivity contribution in [3.63, 3.8) is 0 Å². The van der Waals surface area contributed by atoms with E-state index in [1.807, 2.05) is 47.8 Å². The summed E-state index contributed by atoms with van der Waals surface area (Å²) in [4.78, 5) is 21.9. The topological polar surface area (TPSA) is 66.9 Å². The number of nitrogens with zero attached hydrogens (tertiary/aromatic N) is 2. The van der Waals surface area contributed by atoms with Crippen molar-refractivity contribution in [3.05, 3.63) is 76.5 Å². The maximum absolute atomic E-state index is 12.1. The Kier molecular flexibility index (Phi) is 4.33. The monoisotopic (exact) mass is 360 g/mol. The Morgan fingerprint density at radius 1 is 0.962 bits per heavy atom. The normalized spacial score (nSPS) is 10.7. The molecule has 128 valence electrons. The zero-order valence-corrected chi connectivity index (χ0v) is 14.9. The molecule has 0 fully saturated rings. The summed E-state index contributed by atoms with van der Waals surface area (Å²) in [5.41, 5.74) is 9.31. The van der Waals surface area contributed by atoms with Gasteiger partial charge in [-0.3, -0.25) is 15.6 Å². The molecule has 0 aliphatic heterocycles. The molecule has 2 heterocycles. The molecule has 4 aromatic rings. The molecular weight excluding hydrogens is 344 g/mol. The summed E-state index contributed by atoms with van der Waals surface area (Å²) in [6.07, 6.45) is 0. The minimum atomic E-state index is -0.214. The standard InChI is InChI=1S/C20H16N4OS/c1-13-8-10-14(11-9-13)18-15-5-2-3-6-16(15)21-20(22-18)24-23-19(25)17-7-4-12-26-17/h2-12H,1H3,(H,23,25)(H,21,22,24). The van der Waals surface area contributed by atoms with Gasteiger partial charge in [-0.05, 0) is 24.4 Å². The predicted octanol–water partition coefficient (Wildman–Crippen LogP) is 4.42. The molecule has 2 N–H and O–H groups in total. The van der Waals surface area contributed by atoms with Crippen molar-refractivity contribution in [2.24, 2.45) is 0 Å². The van der Waals surface area contributed by atoms with Crippen LogP contribution in [0, 0.1) is 6.92 Å². The van der Waals surface area contributed by atoms with Gasteiger partial charge in [-0.2, -0.15) is 0 Å². The third kappa shape index (κ3) is 3.27. The number of hydrazine groups is 1. The first kappa shape index (κ1) is 16.2. The Bertz CT molecular complexity index is 1060. The largest absolute Gasteiger partial charge is 0.279 e. The second kappa shape index (κ2) is 6.93. The number of amides is 1. The molecule has 0 radical (unpaired) electrons. The van der Waals surface area contributed by atoms with E-state index in [0.717, 1.165) is 22.2 Å². The van der Waals surface area contributed by atoms with Gasteiger partial charge < -0.3 is 0 Å². The highest BCUT2D eigenvalue weighted by Gasteiger charge is 2.11. The van der Waals surface area contributed by atoms with Crippen molar-refractivity contribution < 1.29 is 4.79 Å². The van der Waals surface area contributed by atoms with Crippen molar-refractivity contribution >= 4 is 34.1 Å². The summed E-state index contributed by atoms with van der Waals surface area (Å²) in [6, 6.07) is 19.6. The smallest absolute Gasteiger partial charge is 0.266 e. The molecule has 1 amide bonds. The van der Waals surface area contributed by atoms with E-state index in [9.17, 15) is 4.79 Å². The number of aryl methyl sites for hydroxylation is 1. The minimum absolute atomic E-state index is 0.214. The number of hydrogen-bond acceptors (Lipinski definition) is 5. The number of thiophene rings is 1. The first-order valence-electron chi connectivity index (χ1n) is 8.14. The zero-order chi connectivity index (χ0) is 17.9. The number of rotatable bonds is 4. The van der Waals surface area contributed by atoms with Gasteiger partial charge in [-0.25, -0.2) is 9.97 Å². The molecule has 2 aromatic heterocycles.